The Bertz CT molecular complexity index is 559. The summed E-state index contributed by atoms with van der Waals surface area (Å²) in [5, 5.41) is 21.2. The molecular formula is C15H20N2O4. The minimum Gasteiger partial charge on any atom is -0.507 e. The molecule has 1 aromatic rings. The molecule has 1 aliphatic heterocycles. The molecule has 6 heteroatoms. The number of carboxylic acid groups (broad SMARTS) is 1. The molecule has 0 radical (unpaired) electrons. The van der Waals surface area contributed by atoms with Gasteiger partial charge in [-0.25, -0.2) is 9.59 Å². The molecule has 1 fully saturated rings. The predicted molar refractivity (Wildman–Crippen MR) is 78.7 cm³/mol. The number of carbonyl (C=O) groups is 2. The number of carbonyl (C=O) groups excluding carboxylic acids is 1. The Morgan fingerprint density at radius 2 is 2.10 bits per heavy atom. The van der Waals surface area contributed by atoms with Gasteiger partial charge in [-0.15, -0.1) is 0 Å². The first-order chi connectivity index (χ1) is 9.93. The van der Waals surface area contributed by atoms with E-state index in [1.54, 1.807) is 0 Å². The van der Waals surface area contributed by atoms with Gasteiger partial charge in [-0.05, 0) is 44.4 Å². The second kappa shape index (κ2) is 6.03. The molecule has 0 aliphatic carbocycles. The number of likely N-dealkylation sites (tertiary alicyclic amines) is 1. The molecule has 21 heavy (non-hydrogen) atoms. The zero-order chi connectivity index (χ0) is 15.6. The molecule has 2 unspecified atom stereocenters. The van der Waals surface area contributed by atoms with Gasteiger partial charge in [-0.1, -0.05) is 6.92 Å². The molecule has 2 amide bonds. The molecule has 0 saturated carbocycles. The zero-order valence-electron chi connectivity index (χ0n) is 12.2. The number of nitrogens with zero attached hydrogens (tertiary/aromatic N) is 1. The van der Waals surface area contributed by atoms with Gasteiger partial charge in [-0.2, -0.15) is 0 Å². The molecule has 6 nitrogen and oxygen atoms in total. The van der Waals surface area contributed by atoms with E-state index in [1.165, 1.54) is 18.2 Å². The number of carboxylic acids is 1. The monoisotopic (exact) mass is 292 g/mol. The molecule has 0 aromatic heterocycles. The fraction of sp³-hybridized carbons (Fsp3) is 0.467. The number of urea groups is 1. The van der Waals surface area contributed by atoms with E-state index in [2.05, 4.69) is 5.32 Å². The molecule has 0 bridgehead atoms. The van der Waals surface area contributed by atoms with E-state index >= 15 is 0 Å². The number of rotatable bonds is 3. The van der Waals surface area contributed by atoms with Crippen molar-refractivity contribution in [2.24, 2.45) is 0 Å². The average molecular weight is 292 g/mol. The molecule has 1 aromatic carbocycles. The number of aromatic hydroxyl groups is 1. The topological polar surface area (TPSA) is 89.9 Å². The summed E-state index contributed by atoms with van der Waals surface area (Å²) in [6.07, 6.45) is 2.86. The van der Waals surface area contributed by atoms with Gasteiger partial charge >= 0.3 is 12.0 Å². The second-order valence-corrected chi connectivity index (χ2v) is 5.36. The Morgan fingerprint density at radius 1 is 1.38 bits per heavy atom. The van der Waals surface area contributed by atoms with Gasteiger partial charge in [0.05, 0.1) is 0 Å². The summed E-state index contributed by atoms with van der Waals surface area (Å²) in [5.74, 6) is -1.55. The summed E-state index contributed by atoms with van der Waals surface area (Å²) in [5.41, 5.74) is 0.137. The smallest absolute Gasteiger partial charge is 0.339 e. The van der Waals surface area contributed by atoms with Gasteiger partial charge in [0.2, 0.25) is 0 Å². The Balaban J connectivity index is 2.16. The molecule has 1 heterocycles. The first-order valence-electron chi connectivity index (χ1n) is 7.09. The lowest BCUT2D eigenvalue weighted by Gasteiger charge is -2.28. The fourth-order valence-electron chi connectivity index (χ4n) is 2.81. The highest BCUT2D eigenvalue weighted by Crippen LogP contribution is 2.27. The third kappa shape index (κ3) is 3.09. The summed E-state index contributed by atoms with van der Waals surface area (Å²) in [6, 6.07) is 4.18. The summed E-state index contributed by atoms with van der Waals surface area (Å²) in [7, 11) is 0. The van der Waals surface area contributed by atoms with E-state index in [0.29, 0.717) is 5.69 Å². The van der Waals surface area contributed by atoms with Crippen LogP contribution in [0.1, 0.15) is 43.5 Å². The van der Waals surface area contributed by atoms with Crippen molar-refractivity contribution in [1.82, 2.24) is 4.90 Å². The predicted octanol–water partition coefficient (Wildman–Crippen LogP) is 2.89. The highest BCUT2D eigenvalue weighted by molar-refractivity contribution is 5.95. The van der Waals surface area contributed by atoms with Crippen molar-refractivity contribution in [3.8, 4) is 5.75 Å². The van der Waals surface area contributed by atoms with Crippen LogP contribution in [-0.2, 0) is 0 Å². The highest BCUT2D eigenvalue weighted by Gasteiger charge is 2.33. The Labute approximate surface area is 123 Å². The average Bonchev–Trinajstić information content (AvgIpc) is 2.81. The molecular weight excluding hydrogens is 272 g/mol. The molecule has 2 rings (SSSR count). The number of phenols is 1. The lowest BCUT2D eigenvalue weighted by Crippen LogP contribution is -2.42. The SMILES string of the molecule is CCC1CCC(C)N1C(=O)Nc1ccc(O)c(C(=O)O)c1. The maximum atomic E-state index is 12.4. The molecule has 1 saturated heterocycles. The van der Waals surface area contributed by atoms with Gasteiger partial charge in [-0.3, -0.25) is 0 Å². The van der Waals surface area contributed by atoms with Gasteiger partial charge in [0.25, 0.3) is 0 Å². The molecule has 114 valence electrons. The van der Waals surface area contributed by atoms with Gasteiger partial charge in [0.15, 0.2) is 0 Å². The van der Waals surface area contributed by atoms with E-state index in [0.717, 1.165) is 19.3 Å². The number of aromatic carboxylic acids is 1. The third-order valence-corrected chi connectivity index (χ3v) is 3.97. The van der Waals surface area contributed by atoms with Crippen LogP contribution in [-0.4, -0.2) is 39.2 Å². The molecule has 0 spiro atoms. The summed E-state index contributed by atoms with van der Waals surface area (Å²) in [4.78, 5) is 25.2. The normalized spacial score (nSPS) is 21.3. The fourth-order valence-corrected chi connectivity index (χ4v) is 2.81. The summed E-state index contributed by atoms with van der Waals surface area (Å²) in [6.45, 7) is 4.06. The Hall–Kier alpha value is -2.24. The lowest BCUT2D eigenvalue weighted by molar-refractivity contribution is 0.0693. The van der Waals surface area contributed by atoms with Crippen molar-refractivity contribution >= 4 is 17.7 Å². The molecule has 3 N–H and O–H groups in total. The van der Waals surface area contributed by atoms with Gasteiger partial charge < -0.3 is 20.4 Å². The van der Waals surface area contributed by atoms with Crippen molar-refractivity contribution in [1.29, 1.82) is 0 Å². The van der Waals surface area contributed by atoms with Crippen LogP contribution < -0.4 is 5.32 Å². The standard InChI is InChI=1S/C15H20N2O4/c1-3-11-6-4-9(2)17(11)15(21)16-10-5-7-13(18)12(8-10)14(19)20/h5,7-9,11,18H,3-4,6H2,1-2H3,(H,16,21)(H,19,20). The quantitative estimate of drug-likeness (QED) is 0.747. The van der Waals surface area contributed by atoms with Crippen LogP contribution in [0.3, 0.4) is 0 Å². The Morgan fingerprint density at radius 3 is 2.71 bits per heavy atom. The molecule has 2 atom stereocenters. The number of anilines is 1. The van der Waals surface area contributed by atoms with Crippen LogP contribution in [0.5, 0.6) is 5.75 Å². The number of amides is 2. The van der Waals surface area contributed by atoms with Gasteiger partial charge in [0.1, 0.15) is 11.3 Å². The van der Waals surface area contributed by atoms with E-state index in [9.17, 15) is 14.7 Å². The zero-order valence-corrected chi connectivity index (χ0v) is 12.2. The maximum absolute atomic E-state index is 12.4. The summed E-state index contributed by atoms with van der Waals surface area (Å²) < 4.78 is 0. The third-order valence-electron chi connectivity index (χ3n) is 3.97. The van der Waals surface area contributed by atoms with Crippen LogP contribution in [0.2, 0.25) is 0 Å². The number of hydrogen-bond acceptors (Lipinski definition) is 3. The van der Waals surface area contributed by atoms with Crippen LogP contribution in [0.15, 0.2) is 18.2 Å². The van der Waals surface area contributed by atoms with Crippen molar-refractivity contribution in [2.45, 2.75) is 45.2 Å². The van der Waals surface area contributed by atoms with Crippen LogP contribution in [0, 0.1) is 0 Å². The second-order valence-electron chi connectivity index (χ2n) is 5.36. The van der Waals surface area contributed by atoms with Crippen molar-refractivity contribution in [3.63, 3.8) is 0 Å². The number of hydrogen-bond donors (Lipinski definition) is 3. The van der Waals surface area contributed by atoms with E-state index in [4.69, 9.17) is 5.11 Å². The van der Waals surface area contributed by atoms with Crippen LogP contribution in [0.25, 0.3) is 0 Å². The first-order valence-corrected chi connectivity index (χ1v) is 7.09. The maximum Gasteiger partial charge on any atom is 0.339 e. The van der Waals surface area contributed by atoms with Crippen molar-refractivity contribution < 1.29 is 19.8 Å². The Kier molecular flexibility index (Phi) is 4.35. The first kappa shape index (κ1) is 15.2. The van der Waals surface area contributed by atoms with Crippen LogP contribution in [0.4, 0.5) is 10.5 Å². The van der Waals surface area contributed by atoms with Crippen LogP contribution >= 0.6 is 0 Å². The van der Waals surface area contributed by atoms with E-state index in [-0.39, 0.29) is 29.4 Å². The minimum atomic E-state index is -1.23. The highest BCUT2D eigenvalue weighted by atomic mass is 16.4. The summed E-state index contributed by atoms with van der Waals surface area (Å²) >= 11 is 0. The number of nitrogens with one attached hydrogen (secondary N) is 1. The van der Waals surface area contributed by atoms with E-state index < -0.39 is 5.97 Å². The minimum absolute atomic E-state index is 0.172. The largest absolute Gasteiger partial charge is 0.507 e. The van der Waals surface area contributed by atoms with E-state index in [1.807, 2.05) is 18.7 Å². The number of benzene rings is 1. The lowest BCUT2D eigenvalue weighted by atomic mass is 10.1. The van der Waals surface area contributed by atoms with Crippen molar-refractivity contribution in [3.05, 3.63) is 23.8 Å². The molecule has 1 aliphatic rings. The van der Waals surface area contributed by atoms with Crippen molar-refractivity contribution in [2.75, 3.05) is 5.32 Å². The van der Waals surface area contributed by atoms with Gasteiger partial charge in [0, 0.05) is 17.8 Å².